The summed E-state index contributed by atoms with van der Waals surface area (Å²) in [5.74, 6) is -0.732. The van der Waals surface area contributed by atoms with Crippen LogP contribution in [-0.2, 0) is 10.2 Å². The number of aliphatic carboxylic acids is 1. The van der Waals surface area contributed by atoms with Crippen molar-refractivity contribution >= 4 is 21.9 Å². The smallest absolute Gasteiger partial charge is 0.303 e. The Morgan fingerprint density at radius 1 is 1.33 bits per heavy atom. The van der Waals surface area contributed by atoms with E-state index >= 15 is 0 Å². The van der Waals surface area contributed by atoms with E-state index in [1.54, 1.807) is 0 Å². The van der Waals surface area contributed by atoms with Crippen molar-refractivity contribution in [1.29, 1.82) is 0 Å². The Morgan fingerprint density at radius 2 is 1.94 bits per heavy atom. The molecule has 3 nitrogen and oxygen atoms in total. The molecule has 0 spiro atoms. The molecule has 0 fully saturated rings. The van der Waals surface area contributed by atoms with E-state index in [2.05, 4.69) is 47.2 Å². The fraction of sp³-hybridized carbons (Fsp3) is 0.500. The highest BCUT2D eigenvalue weighted by molar-refractivity contribution is 9.10. The van der Waals surface area contributed by atoms with Gasteiger partial charge in [0.1, 0.15) is 0 Å². The summed E-state index contributed by atoms with van der Waals surface area (Å²) >= 11 is 3.43. The first-order valence-corrected chi connectivity index (χ1v) is 6.90. The number of hydrogen-bond donors (Lipinski definition) is 2. The van der Waals surface area contributed by atoms with Crippen LogP contribution in [0, 0.1) is 0 Å². The van der Waals surface area contributed by atoms with Crippen LogP contribution in [-0.4, -0.2) is 24.2 Å². The lowest BCUT2D eigenvalue weighted by Crippen LogP contribution is -2.33. The highest BCUT2D eigenvalue weighted by atomic mass is 79.9. The monoisotopic (exact) mass is 313 g/mol. The van der Waals surface area contributed by atoms with Crippen LogP contribution >= 0.6 is 15.9 Å². The van der Waals surface area contributed by atoms with Crippen molar-refractivity contribution < 1.29 is 9.90 Å². The number of nitrogens with one attached hydrogen (secondary N) is 1. The first kappa shape index (κ1) is 15.2. The van der Waals surface area contributed by atoms with Gasteiger partial charge in [0.05, 0.1) is 0 Å². The van der Waals surface area contributed by atoms with E-state index in [1.807, 2.05) is 12.1 Å². The minimum atomic E-state index is -0.732. The maximum Gasteiger partial charge on any atom is 0.303 e. The molecule has 0 radical (unpaired) electrons. The average molecular weight is 314 g/mol. The molecule has 0 saturated carbocycles. The van der Waals surface area contributed by atoms with Gasteiger partial charge in [-0.3, -0.25) is 4.79 Å². The van der Waals surface area contributed by atoms with Crippen molar-refractivity contribution in [1.82, 2.24) is 5.32 Å². The third-order valence-electron chi connectivity index (χ3n) is 2.94. The molecule has 0 aromatic heterocycles. The normalized spacial score (nSPS) is 11.5. The second-order valence-corrected chi connectivity index (χ2v) is 5.98. The maximum atomic E-state index is 10.4. The van der Waals surface area contributed by atoms with E-state index in [-0.39, 0.29) is 11.8 Å². The fourth-order valence-corrected chi connectivity index (χ4v) is 2.03. The van der Waals surface area contributed by atoms with Gasteiger partial charge in [0.15, 0.2) is 0 Å². The first-order chi connectivity index (χ1) is 8.42. The van der Waals surface area contributed by atoms with E-state index in [1.165, 1.54) is 5.56 Å². The quantitative estimate of drug-likeness (QED) is 0.760. The van der Waals surface area contributed by atoms with Crippen LogP contribution in [0.1, 0.15) is 32.3 Å². The molecular formula is C14H20BrNO2. The van der Waals surface area contributed by atoms with Crippen LogP contribution < -0.4 is 5.32 Å². The topological polar surface area (TPSA) is 49.3 Å². The van der Waals surface area contributed by atoms with E-state index in [0.29, 0.717) is 6.42 Å². The zero-order valence-corrected chi connectivity index (χ0v) is 12.5. The van der Waals surface area contributed by atoms with E-state index < -0.39 is 5.97 Å². The molecule has 0 atom stereocenters. The van der Waals surface area contributed by atoms with Gasteiger partial charge in [-0.25, -0.2) is 0 Å². The van der Waals surface area contributed by atoms with Gasteiger partial charge in [0.2, 0.25) is 0 Å². The number of benzene rings is 1. The van der Waals surface area contributed by atoms with Gasteiger partial charge in [0, 0.05) is 22.9 Å². The van der Waals surface area contributed by atoms with Crippen molar-refractivity contribution in [3.05, 3.63) is 34.3 Å². The number of rotatable bonds is 7. The van der Waals surface area contributed by atoms with E-state index in [4.69, 9.17) is 5.11 Å². The van der Waals surface area contributed by atoms with Crippen molar-refractivity contribution in [3.8, 4) is 0 Å². The largest absolute Gasteiger partial charge is 0.481 e. The number of carboxylic acids is 1. The Morgan fingerprint density at radius 3 is 2.50 bits per heavy atom. The maximum absolute atomic E-state index is 10.4. The van der Waals surface area contributed by atoms with Gasteiger partial charge in [-0.1, -0.05) is 41.9 Å². The van der Waals surface area contributed by atoms with Crippen molar-refractivity contribution in [2.45, 2.75) is 32.1 Å². The molecule has 1 aromatic rings. The second kappa shape index (κ2) is 6.90. The highest BCUT2D eigenvalue weighted by Crippen LogP contribution is 2.23. The van der Waals surface area contributed by atoms with E-state index in [0.717, 1.165) is 17.6 Å². The van der Waals surface area contributed by atoms with Crippen LogP contribution in [0.15, 0.2) is 28.7 Å². The molecule has 2 N–H and O–H groups in total. The lowest BCUT2D eigenvalue weighted by Gasteiger charge is -2.26. The predicted octanol–water partition coefficient (Wildman–Crippen LogP) is 3.18. The molecule has 0 unspecified atom stereocenters. The lowest BCUT2D eigenvalue weighted by molar-refractivity contribution is -0.137. The van der Waals surface area contributed by atoms with Gasteiger partial charge < -0.3 is 10.4 Å². The summed E-state index contributed by atoms with van der Waals surface area (Å²) in [4.78, 5) is 10.4. The van der Waals surface area contributed by atoms with Crippen LogP contribution in [0.4, 0.5) is 0 Å². The van der Waals surface area contributed by atoms with Crippen LogP contribution in [0.5, 0.6) is 0 Å². The Labute approximate surface area is 117 Å². The molecule has 0 aliphatic carbocycles. The minimum absolute atomic E-state index is 0.0456. The summed E-state index contributed by atoms with van der Waals surface area (Å²) < 4.78 is 1.08. The number of hydrogen-bond acceptors (Lipinski definition) is 2. The Hall–Kier alpha value is -0.870. The zero-order chi connectivity index (χ0) is 13.6. The Bertz CT molecular complexity index is 387. The van der Waals surface area contributed by atoms with Gasteiger partial charge in [-0.2, -0.15) is 0 Å². The first-order valence-electron chi connectivity index (χ1n) is 6.10. The second-order valence-electron chi connectivity index (χ2n) is 5.06. The number of halogens is 1. The fourth-order valence-electron chi connectivity index (χ4n) is 1.77. The minimum Gasteiger partial charge on any atom is -0.481 e. The molecule has 0 aliphatic heterocycles. The summed E-state index contributed by atoms with van der Waals surface area (Å²) in [5.41, 5.74) is 1.32. The number of carbonyl (C=O) groups is 1. The van der Waals surface area contributed by atoms with Gasteiger partial charge in [-0.05, 0) is 30.7 Å². The molecule has 18 heavy (non-hydrogen) atoms. The molecule has 0 amide bonds. The average Bonchev–Trinajstić information content (AvgIpc) is 2.28. The van der Waals surface area contributed by atoms with Crippen molar-refractivity contribution in [2.24, 2.45) is 0 Å². The van der Waals surface area contributed by atoms with Gasteiger partial charge >= 0.3 is 5.97 Å². The molecule has 100 valence electrons. The molecule has 1 aromatic carbocycles. The molecule has 0 saturated heterocycles. The van der Waals surface area contributed by atoms with Crippen LogP contribution in [0.2, 0.25) is 0 Å². The predicted molar refractivity (Wildman–Crippen MR) is 76.9 cm³/mol. The summed E-state index contributed by atoms with van der Waals surface area (Å²) in [7, 11) is 0. The third kappa shape index (κ3) is 5.19. The summed E-state index contributed by atoms with van der Waals surface area (Å²) in [6.07, 6.45) is 0.900. The Kier molecular flexibility index (Phi) is 5.82. The molecule has 0 aliphatic rings. The summed E-state index contributed by atoms with van der Waals surface area (Å²) in [5, 5.41) is 11.9. The van der Waals surface area contributed by atoms with Crippen molar-refractivity contribution in [2.75, 3.05) is 13.1 Å². The van der Waals surface area contributed by atoms with Gasteiger partial charge in [-0.15, -0.1) is 0 Å². The van der Waals surface area contributed by atoms with Crippen molar-refractivity contribution in [3.63, 3.8) is 0 Å². The van der Waals surface area contributed by atoms with Crippen LogP contribution in [0.3, 0.4) is 0 Å². The summed E-state index contributed by atoms with van der Waals surface area (Å²) in [6, 6.07) is 8.31. The molecular weight excluding hydrogens is 294 g/mol. The number of carboxylic acid groups (broad SMARTS) is 1. The van der Waals surface area contributed by atoms with E-state index in [9.17, 15) is 4.79 Å². The third-order valence-corrected chi connectivity index (χ3v) is 3.47. The molecule has 0 heterocycles. The standard InChI is InChI=1S/C14H20BrNO2/c1-14(2,10-16-9-3-4-13(17)18)11-5-7-12(15)8-6-11/h5-8,16H,3-4,9-10H2,1-2H3,(H,17,18). The molecule has 4 heteroatoms. The molecule has 1 rings (SSSR count). The van der Waals surface area contributed by atoms with Gasteiger partial charge in [0.25, 0.3) is 0 Å². The molecule has 0 bridgehead atoms. The van der Waals surface area contributed by atoms with Crippen LogP contribution in [0.25, 0.3) is 0 Å². The SMILES string of the molecule is CC(C)(CNCCCC(=O)O)c1ccc(Br)cc1. The highest BCUT2D eigenvalue weighted by Gasteiger charge is 2.19. The lowest BCUT2D eigenvalue weighted by atomic mass is 9.84. The summed E-state index contributed by atoms with van der Waals surface area (Å²) in [6.45, 7) is 5.95. The zero-order valence-electron chi connectivity index (χ0n) is 10.9. The Balaban J connectivity index is 2.39.